The summed E-state index contributed by atoms with van der Waals surface area (Å²) in [5.74, 6) is -0.281. The van der Waals surface area contributed by atoms with Crippen molar-refractivity contribution in [3.8, 4) is 0 Å². The monoisotopic (exact) mass is 339 g/mol. The minimum Gasteiger partial charge on any atom is -0.324 e. The molecule has 0 radical (unpaired) electrons. The van der Waals surface area contributed by atoms with Crippen LogP contribution in [0.2, 0.25) is 0 Å². The number of benzene rings is 2. The van der Waals surface area contributed by atoms with Crippen molar-refractivity contribution in [2.45, 2.75) is 18.4 Å². The maximum Gasteiger partial charge on any atom is 0.275 e. The average molecular weight is 339 g/mol. The Labute approximate surface area is 143 Å². The predicted octanol–water partition coefficient (Wildman–Crippen LogP) is 3.07. The highest BCUT2D eigenvalue weighted by Crippen LogP contribution is 2.17. The number of fused-ring (bicyclic) bond motifs is 1. The molecule has 1 aromatic heterocycles. The summed E-state index contributed by atoms with van der Waals surface area (Å²) in [5.41, 5.74) is 1.16. The lowest BCUT2D eigenvalue weighted by Crippen LogP contribution is -2.30. The molecule has 0 aliphatic heterocycles. The Hall–Kier alpha value is -2.60. The third-order valence-corrected chi connectivity index (χ3v) is 4.46. The first-order chi connectivity index (χ1) is 11.6. The highest BCUT2D eigenvalue weighted by molar-refractivity contribution is 7.98. The zero-order valence-electron chi connectivity index (χ0n) is 13.4. The molecule has 6 heteroatoms. The molecule has 0 bridgehead atoms. The molecule has 3 rings (SSSR count). The molecule has 1 heterocycles. The molecule has 0 saturated heterocycles. The molecule has 2 aromatic carbocycles. The van der Waals surface area contributed by atoms with Gasteiger partial charge in [-0.1, -0.05) is 18.2 Å². The number of nitrogens with one attached hydrogen (secondary N) is 1. The molecule has 1 N–H and O–H groups in total. The Kier molecular flexibility index (Phi) is 4.66. The van der Waals surface area contributed by atoms with Crippen molar-refractivity contribution in [1.29, 1.82) is 0 Å². The van der Waals surface area contributed by atoms with Crippen molar-refractivity contribution in [3.05, 3.63) is 64.6 Å². The fourth-order valence-corrected chi connectivity index (χ4v) is 2.93. The summed E-state index contributed by atoms with van der Waals surface area (Å²) >= 11 is 1.64. The molecule has 0 fully saturated rings. The maximum absolute atomic E-state index is 12.5. The van der Waals surface area contributed by atoms with Crippen LogP contribution in [-0.2, 0) is 11.3 Å². The zero-order chi connectivity index (χ0) is 17.1. The summed E-state index contributed by atoms with van der Waals surface area (Å²) in [6, 6.07) is 14.8. The first-order valence-electron chi connectivity index (χ1n) is 7.49. The second-order valence-corrected chi connectivity index (χ2v) is 6.25. The number of thioether (sulfide) groups is 1. The van der Waals surface area contributed by atoms with Gasteiger partial charge >= 0.3 is 0 Å². The number of aryl methyl sites for hydroxylation is 1. The standard InChI is InChI=1S/C18H17N3O2S/c1-12-15-5-3-4-6-16(15)18(23)21(20-12)11-17(22)19-13-7-9-14(24-2)10-8-13/h3-10H,11H2,1-2H3,(H,19,22). The van der Waals surface area contributed by atoms with E-state index in [4.69, 9.17) is 0 Å². The fraction of sp³-hybridized carbons (Fsp3) is 0.167. The van der Waals surface area contributed by atoms with Gasteiger partial charge in [0, 0.05) is 16.0 Å². The van der Waals surface area contributed by atoms with E-state index in [0.29, 0.717) is 11.1 Å². The summed E-state index contributed by atoms with van der Waals surface area (Å²) < 4.78 is 1.21. The number of amides is 1. The van der Waals surface area contributed by atoms with Crippen LogP contribution < -0.4 is 10.9 Å². The third kappa shape index (κ3) is 3.33. The van der Waals surface area contributed by atoms with Crippen molar-refractivity contribution < 1.29 is 4.79 Å². The van der Waals surface area contributed by atoms with Crippen molar-refractivity contribution >= 4 is 34.1 Å². The molecule has 1 amide bonds. The Morgan fingerprint density at radius 3 is 2.46 bits per heavy atom. The number of hydrogen-bond donors (Lipinski definition) is 1. The molecule has 0 saturated carbocycles. The van der Waals surface area contributed by atoms with Crippen LogP contribution in [0, 0.1) is 6.92 Å². The Morgan fingerprint density at radius 2 is 1.79 bits per heavy atom. The van der Waals surface area contributed by atoms with Gasteiger partial charge in [0.2, 0.25) is 5.91 Å². The molecule has 5 nitrogen and oxygen atoms in total. The second kappa shape index (κ2) is 6.88. The van der Waals surface area contributed by atoms with E-state index in [1.807, 2.05) is 49.6 Å². The molecule has 0 unspecified atom stereocenters. The molecule has 24 heavy (non-hydrogen) atoms. The minimum absolute atomic E-state index is 0.116. The zero-order valence-corrected chi connectivity index (χ0v) is 14.3. The van der Waals surface area contributed by atoms with Gasteiger partial charge in [0.25, 0.3) is 5.56 Å². The Morgan fingerprint density at radius 1 is 1.12 bits per heavy atom. The van der Waals surface area contributed by atoms with Gasteiger partial charge in [0.1, 0.15) is 6.54 Å². The second-order valence-electron chi connectivity index (χ2n) is 5.37. The molecule has 0 spiro atoms. The van der Waals surface area contributed by atoms with Crippen LogP contribution in [0.25, 0.3) is 10.8 Å². The maximum atomic E-state index is 12.5. The van der Waals surface area contributed by atoms with E-state index in [1.165, 1.54) is 4.68 Å². The summed E-state index contributed by atoms with van der Waals surface area (Å²) in [6.45, 7) is 1.71. The summed E-state index contributed by atoms with van der Waals surface area (Å²) in [7, 11) is 0. The lowest BCUT2D eigenvalue weighted by Gasteiger charge is -2.09. The van der Waals surface area contributed by atoms with E-state index in [9.17, 15) is 9.59 Å². The lowest BCUT2D eigenvalue weighted by molar-refractivity contribution is -0.117. The number of rotatable bonds is 4. The van der Waals surface area contributed by atoms with Crippen LogP contribution in [0.15, 0.2) is 58.2 Å². The molecular weight excluding hydrogens is 322 g/mol. The quantitative estimate of drug-likeness (QED) is 0.742. The normalized spacial score (nSPS) is 10.8. The van der Waals surface area contributed by atoms with Gasteiger partial charge in [-0.15, -0.1) is 11.8 Å². The SMILES string of the molecule is CSc1ccc(NC(=O)Cn2nc(C)c3ccccc3c2=O)cc1. The Bertz CT molecular complexity index is 949. The largest absolute Gasteiger partial charge is 0.324 e. The molecule has 0 aliphatic rings. The fourth-order valence-electron chi connectivity index (χ4n) is 2.52. The average Bonchev–Trinajstić information content (AvgIpc) is 2.60. The summed E-state index contributed by atoms with van der Waals surface area (Å²) in [4.78, 5) is 25.8. The highest BCUT2D eigenvalue weighted by atomic mass is 32.2. The van der Waals surface area contributed by atoms with E-state index in [2.05, 4.69) is 10.4 Å². The Balaban J connectivity index is 1.82. The lowest BCUT2D eigenvalue weighted by atomic mass is 10.1. The van der Waals surface area contributed by atoms with Crippen LogP contribution in [0.3, 0.4) is 0 Å². The number of aromatic nitrogens is 2. The van der Waals surface area contributed by atoms with Crippen LogP contribution >= 0.6 is 11.8 Å². The van der Waals surface area contributed by atoms with Gasteiger partial charge in [-0.2, -0.15) is 5.10 Å². The topological polar surface area (TPSA) is 64.0 Å². The minimum atomic E-state index is -0.281. The van der Waals surface area contributed by atoms with Crippen LogP contribution in [0.1, 0.15) is 5.69 Å². The number of hydrogen-bond acceptors (Lipinski definition) is 4. The van der Waals surface area contributed by atoms with Crippen molar-refractivity contribution in [1.82, 2.24) is 9.78 Å². The molecule has 3 aromatic rings. The van der Waals surface area contributed by atoms with Crippen molar-refractivity contribution in [3.63, 3.8) is 0 Å². The molecule has 0 atom stereocenters. The third-order valence-electron chi connectivity index (χ3n) is 3.72. The van der Waals surface area contributed by atoms with E-state index in [-0.39, 0.29) is 18.0 Å². The predicted molar refractivity (Wildman–Crippen MR) is 97.6 cm³/mol. The van der Waals surface area contributed by atoms with Gasteiger partial charge < -0.3 is 5.32 Å². The molecule has 0 aliphatic carbocycles. The van der Waals surface area contributed by atoms with Gasteiger partial charge in [-0.25, -0.2) is 4.68 Å². The van der Waals surface area contributed by atoms with Crippen molar-refractivity contribution in [2.75, 3.05) is 11.6 Å². The smallest absolute Gasteiger partial charge is 0.275 e. The number of nitrogens with zero attached hydrogens (tertiary/aromatic N) is 2. The van der Waals surface area contributed by atoms with Crippen LogP contribution in [-0.4, -0.2) is 21.9 Å². The van der Waals surface area contributed by atoms with E-state index >= 15 is 0 Å². The van der Waals surface area contributed by atoms with Gasteiger partial charge in [0.05, 0.1) is 11.1 Å². The van der Waals surface area contributed by atoms with E-state index < -0.39 is 0 Å². The van der Waals surface area contributed by atoms with Crippen LogP contribution in [0.5, 0.6) is 0 Å². The van der Waals surface area contributed by atoms with Crippen LogP contribution in [0.4, 0.5) is 5.69 Å². The molecular formula is C18H17N3O2S. The highest BCUT2D eigenvalue weighted by Gasteiger charge is 2.11. The number of carbonyl (C=O) groups is 1. The van der Waals surface area contributed by atoms with Crippen molar-refractivity contribution in [2.24, 2.45) is 0 Å². The van der Waals surface area contributed by atoms with E-state index in [1.54, 1.807) is 23.9 Å². The molecule has 122 valence electrons. The summed E-state index contributed by atoms with van der Waals surface area (Å²) in [5, 5.41) is 8.42. The first-order valence-corrected chi connectivity index (χ1v) is 8.71. The summed E-state index contributed by atoms with van der Waals surface area (Å²) in [6.07, 6.45) is 1.99. The van der Waals surface area contributed by atoms with Gasteiger partial charge in [0.15, 0.2) is 0 Å². The number of anilines is 1. The first kappa shape index (κ1) is 16.3. The van der Waals surface area contributed by atoms with Gasteiger partial charge in [-0.3, -0.25) is 9.59 Å². The van der Waals surface area contributed by atoms with E-state index in [0.717, 1.165) is 16.0 Å². The number of carbonyl (C=O) groups excluding carboxylic acids is 1. The van der Waals surface area contributed by atoms with Gasteiger partial charge in [-0.05, 0) is 43.5 Å².